The van der Waals surface area contributed by atoms with Crippen molar-refractivity contribution in [3.63, 3.8) is 0 Å². The fourth-order valence-electron chi connectivity index (χ4n) is 2.95. The Kier molecular flexibility index (Phi) is 5.29. The highest BCUT2D eigenvalue weighted by Gasteiger charge is 2.07. The molecule has 0 unspecified atom stereocenters. The minimum Gasteiger partial charge on any atom is -0.484 e. The molecular weight excluding hydrogens is 352 g/mol. The maximum atomic E-state index is 12.0. The third kappa shape index (κ3) is 4.17. The Morgan fingerprint density at radius 1 is 0.893 bits per heavy atom. The lowest BCUT2D eigenvalue weighted by Crippen LogP contribution is -2.30. The quantitative estimate of drug-likeness (QED) is 0.541. The molecule has 2 heterocycles. The first-order valence-electron chi connectivity index (χ1n) is 9.13. The largest absolute Gasteiger partial charge is 0.484 e. The van der Waals surface area contributed by atoms with Crippen LogP contribution in [0, 0.1) is 0 Å². The van der Waals surface area contributed by atoms with Gasteiger partial charge in [0.2, 0.25) is 0 Å². The Morgan fingerprint density at radius 2 is 1.64 bits per heavy atom. The molecule has 2 aromatic heterocycles. The van der Waals surface area contributed by atoms with E-state index in [1.165, 1.54) is 0 Å². The van der Waals surface area contributed by atoms with Crippen LogP contribution in [0.15, 0.2) is 79.0 Å². The number of fused-ring (bicyclic) bond motifs is 1. The summed E-state index contributed by atoms with van der Waals surface area (Å²) in [4.78, 5) is 12.0. The predicted molar refractivity (Wildman–Crippen MR) is 107 cm³/mol. The summed E-state index contributed by atoms with van der Waals surface area (Å²) in [7, 11) is 0. The number of hydrogen-bond donors (Lipinski definition) is 1. The van der Waals surface area contributed by atoms with Crippen LogP contribution in [-0.4, -0.2) is 33.7 Å². The van der Waals surface area contributed by atoms with E-state index in [1.807, 2.05) is 71.3 Å². The maximum absolute atomic E-state index is 12.0. The van der Waals surface area contributed by atoms with Gasteiger partial charge in [-0.05, 0) is 35.4 Å². The lowest BCUT2D eigenvalue weighted by atomic mass is 10.1. The van der Waals surface area contributed by atoms with Gasteiger partial charge in [0.05, 0.1) is 0 Å². The van der Waals surface area contributed by atoms with Gasteiger partial charge in [-0.3, -0.25) is 9.20 Å². The van der Waals surface area contributed by atoms with Crippen LogP contribution in [0.2, 0.25) is 0 Å². The third-order valence-corrected chi connectivity index (χ3v) is 4.39. The van der Waals surface area contributed by atoms with Crippen LogP contribution in [0.4, 0.5) is 0 Å². The summed E-state index contributed by atoms with van der Waals surface area (Å²) >= 11 is 0. The summed E-state index contributed by atoms with van der Waals surface area (Å²) in [5, 5.41) is 11.1. The highest BCUT2D eigenvalue weighted by molar-refractivity contribution is 5.77. The van der Waals surface area contributed by atoms with Gasteiger partial charge in [0.15, 0.2) is 12.3 Å². The minimum absolute atomic E-state index is 0.0226. The monoisotopic (exact) mass is 372 g/mol. The van der Waals surface area contributed by atoms with E-state index < -0.39 is 0 Å². The normalized spacial score (nSPS) is 10.7. The lowest BCUT2D eigenvalue weighted by molar-refractivity contribution is -0.123. The summed E-state index contributed by atoms with van der Waals surface area (Å²) in [6, 6.07) is 23.6. The molecule has 0 fully saturated rings. The number of nitrogens with one attached hydrogen (secondary N) is 1. The van der Waals surface area contributed by atoms with E-state index in [-0.39, 0.29) is 12.5 Å². The molecule has 6 nitrogen and oxygen atoms in total. The van der Waals surface area contributed by atoms with Gasteiger partial charge in [0.1, 0.15) is 11.6 Å². The molecule has 0 saturated heterocycles. The number of amides is 1. The minimum atomic E-state index is -0.166. The van der Waals surface area contributed by atoms with Crippen LogP contribution < -0.4 is 10.1 Å². The molecule has 0 atom stereocenters. The second-order valence-electron chi connectivity index (χ2n) is 6.32. The number of pyridine rings is 1. The molecule has 4 aromatic rings. The van der Waals surface area contributed by atoms with Gasteiger partial charge in [-0.1, -0.05) is 48.5 Å². The molecule has 1 amide bonds. The van der Waals surface area contributed by atoms with Crippen LogP contribution in [0.25, 0.3) is 16.8 Å². The zero-order valence-electron chi connectivity index (χ0n) is 15.3. The second-order valence-corrected chi connectivity index (χ2v) is 6.32. The van der Waals surface area contributed by atoms with Gasteiger partial charge in [-0.25, -0.2) is 0 Å². The van der Waals surface area contributed by atoms with Crippen molar-refractivity contribution in [2.75, 3.05) is 13.2 Å². The van der Waals surface area contributed by atoms with E-state index in [0.717, 1.165) is 22.6 Å². The van der Waals surface area contributed by atoms with Gasteiger partial charge in [-0.15, -0.1) is 10.2 Å². The van der Waals surface area contributed by atoms with Crippen molar-refractivity contribution in [2.24, 2.45) is 0 Å². The van der Waals surface area contributed by atoms with E-state index in [1.54, 1.807) is 0 Å². The average Bonchev–Trinajstić information content (AvgIpc) is 3.16. The van der Waals surface area contributed by atoms with Crippen LogP contribution in [0.5, 0.6) is 5.75 Å². The van der Waals surface area contributed by atoms with Crippen molar-refractivity contribution < 1.29 is 9.53 Å². The van der Waals surface area contributed by atoms with E-state index in [0.29, 0.717) is 18.7 Å². The van der Waals surface area contributed by atoms with Crippen molar-refractivity contribution in [3.05, 3.63) is 84.8 Å². The molecule has 28 heavy (non-hydrogen) atoms. The number of aromatic nitrogens is 3. The SMILES string of the molecule is O=C(COc1ccc(-c2ccccc2)cc1)NCCc1nnc2ccccn12. The summed E-state index contributed by atoms with van der Waals surface area (Å²) in [6.07, 6.45) is 2.51. The van der Waals surface area contributed by atoms with E-state index in [9.17, 15) is 4.79 Å². The van der Waals surface area contributed by atoms with Crippen molar-refractivity contribution in [3.8, 4) is 16.9 Å². The van der Waals surface area contributed by atoms with Gasteiger partial charge in [0.25, 0.3) is 5.91 Å². The molecule has 0 aliphatic rings. The standard InChI is InChI=1S/C22H20N4O2/c27-22(23-14-13-21-25-24-20-8-4-5-15-26(20)21)16-28-19-11-9-18(10-12-19)17-6-2-1-3-7-17/h1-12,15H,13-14,16H2,(H,23,27). The predicted octanol–water partition coefficient (Wildman–Crippen LogP) is 3.13. The summed E-state index contributed by atoms with van der Waals surface area (Å²) in [5.41, 5.74) is 3.05. The van der Waals surface area contributed by atoms with Crippen molar-refractivity contribution in [1.29, 1.82) is 0 Å². The molecule has 0 aliphatic carbocycles. The highest BCUT2D eigenvalue weighted by atomic mass is 16.5. The number of carbonyl (C=O) groups excluding carboxylic acids is 1. The maximum Gasteiger partial charge on any atom is 0.257 e. The second kappa shape index (κ2) is 8.35. The fraction of sp³-hybridized carbons (Fsp3) is 0.136. The van der Waals surface area contributed by atoms with Gasteiger partial charge >= 0.3 is 0 Å². The first-order valence-corrected chi connectivity index (χ1v) is 9.13. The highest BCUT2D eigenvalue weighted by Crippen LogP contribution is 2.21. The van der Waals surface area contributed by atoms with Gasteiger partial charge in [-0.2, -0.15) is 0 Å². The topological polar surface area (TPSA) is 68.5 Å². The smallest absolute Gasteiger partial charge is 0.257 e. The summed E-state index contributed by atoms with van der Waals surface area (Å²) in [6.45, 7) is 0.454. The zero-order valence-corrected chi connectivity index (χ0v) is 15.3. The third-order valence-electron chi connectivity index (χ3n) is 4.39. The van der Waals surface area contributed by atoms with E-state index in [4.69, 9.17) is 4.74 Å². The summed E-state index contributed by atoms with van der Waals surface area (Å²) in [5.74, 6) is 1.31. The molecule has 140 valence electrons. The number of rotatable bonds is 7. The van der Waals surface area contributed by atoms with E-state index >= 15 is 0 Å². The molecular formula is C22H20N4O2. The Labute approximate surface area is 162 Å². The van der Waals surface area contributed by atoms with Crippen LogP contribution in [0.3, 0.4) is 0 Å². The molecule has 0 aliphatic heterocycles. The van der Waals surface area contributed by atoms with Crippen molar-refractivity contribution in [2.45, 2.75) is 6.42 Å². The van der Waals surface area contributed by atoms with Crippen molar-refractivity contribution >= 4 is 11.6 Å². The summed E-state index contributed by atoms with van der Waals surface area (Å²) < 4.78 is 7.49. The Balaban J connectivity index is 1.24. The number of hydrogen-bond acceptors (Lipinski definition) is 4. The number of carbonyl (C=O) groups is 1. The first-order chi connectivity index (χ1) is 13.8. The first kappa shape index (κ1) is 17.7. The number of nitrogens with zero attached hydrogens (tertiary/aromatic N) is 3. The average molecular weight is 372 g/mol. The lowest BCUT2D eigenvalue weighted by Gasteiger charge is -2.08. The van der Waals surface area contributed by atoms with Crippen molar-refractivity contribution in [1.82, 2.24) is 19.9 Å². The van der Waals surface area contributed by atoms with Crippen LogP contribution in [0.1, 0.15) is 5.82 Å². The Bertz CT molecular complexity index is 1060. The molecule has 0 radical (unpaired) electrons. The van der Waals surface area contributed by atoms with Gasteiger partial charge in [0, 0.05) is 19.2 Å². The molecule has 0 saturated carbocycles. The Hall–Kier alpha value is -3.67. The van der Waals surface area contributed by atoms with E-state index in [2.05, 4.69) is 27.6 Å². The molecule has 6 heteroatoms. The molecule has 2 aromatic carbocycles. The van der Waals surface area contributed by atoms with Crippen LogP contribution >= 0.6 is 0 Å². The number of ether oxygens (including phenoxy) is 1. The van der Waals surface area contributed by atoms with Crippen LogP contribution in [-0.2, 0) is 11.2 Å². The zero-order chi connectivity index (χ0) is 19.2. The molecule has 4 rings (SSSR count). The molecule has 0 bridgehead atoms. The fourth-order valence-corrected chi connectivity index (χ4v) is 2.95. The molecule has 0 spiro atoms. The molecule has 1 N–H and O–H groups in total. The van der Waals surface area contributed by atoms with Gasteiger partial charge < -0.3 is 10.1 Å². The number of benzene rings is 2. The Morgan fingerprint density at radius 3 is 2.46 bits per heavy atom.